The van der Waals surface area contributed by atoms with Crippen molar-refractivity contribution in [1.29, 1.82) is 0 Å². The number of urea groups is 1. The van der Waals surface area contributed by atoms with Crippen molar-refractivity contribution in [3.8, 4) is 0 Å². The van der Waals surface area contributed by atoms with Gasteiger partial charge < -0.3 is 0 Å². The van der Waals surface area contributed by atoms with Crippen molar-refractivity contribution < 1.29 is 14.8 Å². The van der Waals surface area contributed by atoms with Crippen molar-refractivity contribution in [2.45, 2.75) is 0 Å². The van der Waals surface area contributed by atoms with Crippen LogP contribution in [0.5, 0.6) is 0 Å². The summed E-state index contributed by atoms with van der Waals surface area (Å²) in [5, 5.41) is 8.60. The van der Waals surface area contributed by atoms with Crippen molar-refractivity contribution in [3.05, 3.63) is 60.2 Å². The van der Waals surface area contributed by atoms with Gasteiger partial charge in [-0.1, -0.05) is 18.2 Å². The smallest absolute Gasteiger partial charge is 0.292 e. The zero-order chi connectivity index (χ0) is 15.5. The first kappa shape index (κ1) is 14.1. The number of nitrogens with zero attached hydrogens (tertiary/aromatic N) is 2. The van der Waals surface area contributed by atoms with E-state index in [1.807, 2.05) is 30.3 Å². The Labute approximate surface area is 127 Å². The van der Waals surface area contributed by atoms with Crippen molar-refractivity contribution >= 4 is 23.3 Å². The van der Waals surface area contributed by atoms with Gasteiger partial charge in [-0.05, 0) is 36.4 Å². The second-order valence-corrected chi connectivity index (χ2v) is 4.91. The molecule has 6 heteroatoms. The highest BCUT2D eigenvalue weighted by molar-refractivity contribution is 6.06. The minimum absolute atomic E-state index is 0.0921. The number of benzene rings is 2. The number of hydroxylamine groups is 1. The van der Waals surface area contributed by atoms with E-state index >= 15 is 0 Å². The zero-order valence-corrected chi connectivity index (χ0v) is 11.8. The minimum Gasteiger partial charge on any atom is -0.292 e. The summed E-state index contributed by atoms with van der Waals surface area (Å²) in [4.78, 5) is 27.2. The summed E-state index contributed by atoms with van der Waals surface area (Å²) in [5.74, 6) is -0.579. The highest BCUT2D eigenvalue weighted by Crippen LogP contribution is 2.25. The molecule has 2 aromatic rings. The maximum Gasteiger partial charge on any atom is 0.329 e. The van der Waals surface area contributed by atoms with E-state index in [2.05, 4.69) is 0 Å². The molecule has 1 aliphatic heterocycles. The highest BCUT2D eigenvalue weighted by Gasteiger charge is 2.30. The number of hydrogen-bond donors (Lipinski definition) is 2. The first-order valence-corrected chi connectivity index (χ1v) is 6.89. The van der Waals surface area contributed by atoms with Gasteiger partial charge in [-0.2, -0.15) is 0 Å². The molecule has 22 heavy (non-hydrogen) atoms. The molecular weight excluding hydrogens is 282 g/mol. The number of carbonyl (C=O) groups is 2. The third-order valence-electron chi connectivity index (χ3n) is 3.62. The lowest BCUT2D eigenvalue weighted by Gasteiger charge is -2.19. The van der Waals surface area contributed by atoms with Crippen LogP contribution in [0.2, 0.25) is 0 Å². The average molecular weight is 297 g/mol. The monoisotopic (exact) mass is 297 g/mol. The predicted molar refractivity (Wildman–Crippen MR) is 82.2 cm³/mol. The number of rotatable bonds is 3. The van der Waals surface area contributed by atoms with Crippen LogP contribution >= 0.6 is 0 Å². The fourth-order valence-corrected chi connectivity index (χ4v) is 2.48. The first-order chi connectivity index (χ1) is 10.7. The highest BCUT2D eigenvalue weighted by atomic mass is 16.5. The van der Waals surface area contributed by atoms with Crippen LogP contribution in [-0.4, -0.2) is 30.2 Å². The topological polar surface area (TPSA) is 72.9 Å². The normalized spacial score (nSPS) is 14.3. The molecule has 3 rings (SSSR count). The van der Waals surface area contributed by atoms with Crippen molar-refractivity contribution in [2.75, 3.05) is 22.9 Å². The maximum absolute atomic E-state index is 12.5. The summed E-state index contributed by atoms with van der Waals surface area (Å²) >= 11 is 0. The second kappa shape index (κ2) is 5.87. The molecule has 2 aromatic carbocycles. The zero-order valence-electron chi connectivity index (χ0n) is 11.8. The molecule has 0 atom stereocenters. The molecule has 0 radical (unpaired) electrons. The molecule has 0 saturated carbocycles. The van der Waals surface area contributed by atoms with Gasteiger partial charge in [0.05, 0.1) is 0 Å². The van der Waals surface area contributed by atoms with Crippen LogP contribution in [0.25, 0.3) is 0 Å². The third kappa shape index (κ3) is 2.51. The summed E-state index contributed by atoms with van der Waals surface area (Å²) in [7, 11) is 0. The van der Waals surface area contributed by atoms with E-state index < -0.39 is 5.91 Å². The van der Waals surface area contributed by atoms with Crippen LogP contribution < -0.4 is 15.3 Å². The average Bonchev–Trinajstić information content (AvgIpc) is 2.96. The van der Waals surface area contributed by atoms with E-state index in [0.29, 0.717) is 18.7 Å². The van der Waals surface area contributed by atoms with Gasteiger partial charge in [-0.3, -0.25) is 19.8 Å². The van der Waals surface area contributed by atoms with E-state index in [-0.39, 0.29) is 6.03 Å². The molecule has 1 saturated heterocycles. The Morgan fingerprint density at radius 2 is 1.45 bits per heavy atom. The molecule has 1 aliphatic rings. The summed E-state index contributed by atoms with van der Waals surface area (Å²) in [6.45, 7) is 1.20. The van der Waals surface area contributed by atoms with Crippen molar-refractivity contribution in [2.24, 2.45) is 0 Å². The number of hydrogen-bond acceptors (Lipinski definition) is 3. The number of para-hydroxylation sites is 1. The summed E-state index contributed by atoms with van der Waals surface area (Å²) in [6.07, 6.45) is 0. The van der Waals surface area contributed by atoms with E-state index in [4.69, 9.17) is 5.21 Å². The molecule has 0 spiro atoms. The lowest BCUT2D eigenvalue weighted by molar-refractivity contribution is 0.0706. The number of nitrogens with one attached hydrogen (secondary N) is 1. The van der Waals surface area contributed by atoms with Crippen molar-refractivity contribution in [3.63, 3.8) is 0 Å². The molecule has 3 amide bonds. The van der Waals surface area contributed by atoms with E-state index in [0.717, 1.165) is 11.4 Å². The largest absolute Gasteiger partial charge is 0.329 e. The quantitative estimate of drug-likeness (QED) is 0.674. The SMILES string of the molecule is O=C(NO)c1ccc(N2CCN(c3ccccc3)C2=O)cc1. The van der Waals surface area contributed by atoms with Gasteiger partial charge in [0.1, 0.15) is 0 Å². The van der Waals surface area contributed by atoms with Gasteiger partial charge in [0.2, 0.25) is 0 Å². The molecule has 2 N–H and O–H groups in total. The molecule has 6 nitrogen and oxygen atoms in total. The molecule has 1 heterocycles. The second-order valence-electron chi connectivity index (χ2n) is 4.91. The lowest BCUT2D eigenvalue weighted by atomic mass is 10.2. The van der Waals surface area contributed by atoms with Gasteiger partial charge in [-0.15, -0.1) is 0 Å². The Bertz CT molecular complexity index is 686. The summed E-state index contributed by atoms with van der Waals surface area (Å²) in [5.41, 5.74) is 3.50. The Morgan fingerprint density at radius 1 is 0.909 bits per heavy atom. The third-order valence-corrected chi connectivity index (χ3v) is 3.62. The number of carbonyl (C=O) groups excluding carboxylic acids is 2. The lowest BCUT2D eigenvalue weighted by Crippen LogP contribution is -2.31. The van der Waals surface area contributed by atoms with Gasteiger partial charge >= 0.3 is 6.03 Å². The van der Waals surface area contributed by atoms with Crippen molar-refractivity contribution in [1.82, 2.24) is 5.48 Å². The van der Waals surface area contributed by atoms with Crippen LogP contribution in [0.4, 0.5) is 16.2 Å². The Morgan fingerprint density at radius 3 is 2.00 bits per heavy atom. The standard InChI is InChI=1S/C16H15N3O3/c20-15(17-22)12-6-8-14(9-7-12)19-11-10-18(16(19)21)13-4-2-1-3-5-13/h1-9,22H,10-11H2,(H,17,20). The molecule has 112 valence electrons. The predicted octanol–water partition coefficient (Wildman–Crippen LogP) is 2.25. The van der Waals surface area contributed by atoms with E-state index in [1.54, 1.807) is 39.5 Å². The van der Waals surface area contributed by atoms with Crippen LogP contribution in [0.1, 0.15) is 10.4 Å². The van der Waals surface area contributed by atoms with E-state index in [1.165, 1.54) is 0 Å². The fraction of sp³-hybridized carbons (Fsp3) is 0.125. The molecule has 0 aliphatic carbocycles. The van der Waals surface area contributed by atoms with Crippen LogP contribution in [0.3, 0.4) is 0 Å². The van der Waals surface area contributed by atoms with Gasteiger partial charge in [0.15, 0.2) is 0 Å². The van der Waals surface area contributed by atoms with Gasteiger partial charge in [-0.25, -0.2) is 10.3 Å². The molecular formula is C16H15N3O3. The van der Waals surface area contributed by atoms with Crippen LogP contribution in [0.15, 0.2) is 54.6 Å². The first-order valence-electron chi connectivity index (χ1n) is 6.89. The number of amides is 3. The maximum atomic E-state index is 12.5. The van der Waals surface area contributed by atoms with E-state index in [9.17, 15) is 9.59 Å². The Kier molecular flexibility index (Phi) is 3.76. The molecule has 1 fully saturated rings. The number of anilines is 2. The fourth-order valence-electron chi connectivity index (χ4n) is 2.48. The Balaban J connectivity index is 1.79. The Hall–Kier alpha value is -2.86. The molecule has 0 bridgehead atoms. The van der Waals surface area contributed by atoms with Gasteiger partial charge in [0.25, 0.3) is 5.91 Å². The molecule has 0 unspecified atom stereocenters. The molecule has 0 aromatic heterocycles. The van der Waals surface area contributed by atoms with Gasteiger partial charge in [0, 0.05) is 30.0 Å². The van der Waals surface area contributed by atoms with Crippen LogP contribution in [-0.2, 0) is 0 Å². The summed E-state index contributed by atoms with van der Waals surface area (Å²) in [6, 6.07) is 15.9. The van der Waals surface area contributed by atoms with Crippen LogP contribution in [0, 0.1) is 0 Å². The summed E-state index contributed by atoms with van der Waals surface area (Å²) < 4.78 is 0. The minimum atomic E-state index is -0.579.